The molecule has 4 aromatic carbocycles. The van der Waals surface area contributed by atoms with Crippen molar-refractivity contribution in [2.45, 2.75) is 103 Å². The van der Waals surface area contributed by atoms with Gasteiger partial charge in [0.2, 0.25) is 23.6 Å². The number of ether oxygens (including phenoxy) is 3. The molecule has 2 atom stereocenters. The number of carbonyl (C=O) groups is 6. The lowest BCUT2D eigenvalue weighted by molar-refractivity contribution is -0.386. The van der Waals surface area contributed by atoms with Crippen LogP contribution in [0.2, 0.25) is 0 Å². The summed E-state index contributed by atoms with van der Waals surface area (Å²) in [5.41, 5.74) is 5.42. The highest BCUT2D eigenvalue weighted by Crippen LogP contribution is 2.42. The van der Waals surface area contributed by atoms with E-state index in [0.717, 1.165) is 70.5 Å². The van der Waals surface area contributed by atoms with E-state index in [1.54, 1.807) is 16.0 Å². The summed E-state index contributed by atoms with van der Waals surface area (Å²) in [6, 6.07) is 26.6. The van der Waals surface area contributed by atoms with Crippen molar-refractivity contribution in [3.8, 4) is 22.6 Å². The maximum Gasteiger partial charge on any atom is 0.407 e. The van der Waals surface area contributed by atoms with Gasteiger partial charge >= 0.3 is 17.3 Å². The molecule has 6 aromatic rings. The second kappa shape index (κ2) is 36.3. The number of amides is 6. The molecule has 25 nitrogen and oxygen atoms in total. The van der Waals surface area contributed by atoms with E-state index in [-0.39, 0.29) is 92.4 Å². The van der Waals surface area contributed by atoms with Crippen LogP contribution in [-0.2, 0) is 34.0 Å². The minimum atomic E-state index is -4.69. The summed E-state index contributed by atoms with van der Waals surface area (Å²) in [6.45, 7) is 14.9. The van der Waals surface area contributed by atoms with E-state index < -0.39 is 50.8 Å². The van der Waals surface area contributed by atoms with Crippen molar-refractivity contribution in [3.05, 3.63) is 118 Å². The fraction of sp³-hybridized carbons (Fsp3) is 0.455. The molecular weight excluding hydrogens is 1270 g/mol. The summed E-state index contributed by atoms with van der Waals surface area (Å²) in [4.78, 5) is 103. The number of benzene rings is 4. The number of nitrogens with one attached hydrogen (secondary N) is 4. The van der Waals surface area contributed by atoms with E-state index in [2.05, 4.69) is 100 Å². The van der Waals surface area contributed by atoms with Crippen LogP contribution in [0.5, 0.6) is 11.5 Å². The lowest BCUT2D eigenvalue weighted by Gasteiger charge is -2.35. The molecule has 1 saturated heterocycles. The summed E-state index contributed by atoms with van der Waals surface area (Å²) in [5, 5.41) is 25.0. The monoisotopic (exact) mass is 1350 g/mol. The third-order valence-corrected chi connectivity index (χ3v) is 18.9. The first-order chi connectivity index (χ1) is 45.2. The van der Waals surface area contributed by atoms with E-state index >= 15 is 0 Å². The number of hydrogen-bond donors (Lipinski definition) is 5. The third-order valence-electron chi connectivity index (χ3n) is 15.9. The highest BCUT2D eigenvalue weighted by Gasteiger charge is 2.32. The van der Waals surface area contributed by atoms with Crippen LogP contribution in [-0.4, -0.2) is 172 Å². The van der Waals surface area contributed by atoms with Gasteiger partial charge < -0.3 is 55.1 Å². The number of methoxy groups -OCH3 is 1. The van der Waals surface area contributed by atoms with Crippen molar-refractivity contribution < 1.29 is 65.3 Å². The zero-order valence-electron chi connectivity index (χ0n) is 54.0. The number of hydrogen-bond acceptors (Lipinski definition) is 18. The van der Waals surface area contributed by atoms with Crippen molar-refractivity contribution in [2.75, 3.05) is 107 Å². The van der Waals surface area contributed by atoms with Crippen LogP contribution >= 0.6 is 21.6 Å². The van der Waals surface area contributed by atoms with Gasteiger partial charge in [0.1, 0.15) is 29.5 Å². The summed E-state index contributed by atoms with van der Waals surface area (Å²) < 4.78 is 56.7. The van der Waals surface area contributed by atoms with Crippen molar-refractivity contribution in [1.82, 2.24) is 36.1 Å². The molecule has 2 aromatic heterocycles. The number of alkyl carbamates (subject to hydrolysis) is 1. The van der Waals surface area contributed by atoms with Gasteiger partial charge in [-0.05, 0) is 125 Å². The van der Waals surface area contributed by atoms with Crippen molar-refractivity contribution in [1.29, 1.82) is 0 Å². The van der Waals surface area contributed by atoms with Crippen LogP contribution in [0.25, 0.3) is 33.1 Å². The molecule has 7 rings (SSSR count). The van der Waals surface area contributed by atoms with Crippen LogP contribution in [0, 0.1) is 10.1 Å². The predicted octanol–water partition coefficient (Wildman–Crippen LogP) is 9.86. The Labute approximate surface area is 556 Å². The van der Waals surface area contributed by atoms with E-state index in [1.807, 2.05) is 42.5 Å². The first kappa shape index (κ1) is 72.9. The highest BCUT2D eigenvalue weighted by atomic mass is 33.1. The van der Waals surface area contributed by atoms with Crippen molar-refractivity contribution in [3.63, 3.8) is 0 Å². The van der Waals surface area contributed by atoms with Crippen LogP contribution < -0.4 is 40.5 Å². The molecule has 2 unspecified atom stereocenters. The van der Waals surface area contributed by atoms with Crippen LogP contribution in [0.15, 0.2) is 107 Å². The largest absolute Gasteiger partial charge is 0.493 e. The molecule has 3 heterocycles. The number of carbonyl (C=O) groups excluding carboxylic acids is 6. The second-order valence-electron chi connectivity index (χ2n) is 22.1. The van der Waals surface area contributed by atoms with Gasteiger partial charge in [0.15, 0.2) is 11.5 Å². The van der Waals surface area contributed by atoms with Crippen molar-refractivity contribution in [2.24, 2.45) is 0 Å². The first-order valence-electron chi connectivity index (χ1n) is 31.7. The lowest BCUT2D eigenvalue weighted by Crippen LogP contribution is -2.50. The molecule has 1 fully saturated rings. The van der Waals surface area contributed by atoms with Gasteiger partial charge in [-0.1, -0.05) is 41.5 Å². The molecule has 28 heteroatoms. The number of nitrogens with zero attached hydrogens (tertiary/aromatic N) is 6. The SMILES string of the molecule is CCN(CC)c1ccc2c(-c3ccccc3C(=O)N3CCN(C(=O)CCCCC(=O)NC(CS(=O)(=O)O)C(=O)NCCCCCC(=O)NCCOc4cc([N+](=O)[O-])c(C(C)OC(=O)NCCSSc5ccccn5)cc4OC)CC3)c3ccc(N(CC)CC)cc3[o+]c2c1. The Bertz CT molecular complexity index is 3630. The molecule has 94 heavy (non-hydrogen) atoms. The van der Waals surface area contributed by atoms with E-state index in [9.17, 15) is 51.9 Å². The topological polar surface area (TPSA) is 313 Å². The Balaban J connectivity index is 0.800. The maximum absolute atomic E-state index is 14.6. The summed E-state index contributed by atoms with van der Waals surface area (Å²) in [5.74, 6) is -2.40. The number of anilines is 2. The number of nitro groups is 1. The number of fused-ring (bicyclic) bond motifs is 2. The number of piperazine rings is 1. The Hall–Kier alpha value is -8.47. The molecule has 0 bridgehead atoms. The standard InChI is InChI=1S/C66H84N10O15S3/c1-7-72(8-2)46-26-28-50-55(40-46)91-56-41-47(73(9-3)10-4)27-29-51(56)63(50)48-20-13-14-21-49(48)65(81)75-36-34-74(35-37-75)62(79)25-16-15-23-60(78)71-53(44-94(85,86)87)64(80)69-31-18-11-12-22-59(77)67-32-38-89-58-43-54(76(83)84)52(42-57(58)88-6)45(5)90-66(82)70-33-39-92-93-61-24-17-19-30-68-61/h13-14,17,19-21,24,26-30,40-43,45,53H,7-12,15-16,18,22-23,25,31-39,44H2,1-6H3,(H4-,67,69,70,71,77,78,80,82,85,86,87)/p+1. The average Bonchev–Trinajstić information content (AvgIpc) is 0.747. The molecule has 0 spiro atoms. The average molecular weight is 1350 g/mol. The zero-order valence-corrected chi connectivity index (χ0v) is 56.5. The number of unbranched alkanes of at least 4 members (excludes halogenated alkanes) is 3. The van der Waals surface area contributed by atoms with Crippen molar-refractivity contribution >= 4 is 106 Å². The maximum atomic E-state index is 14.6. The Morgan fingerprint density at radius 1 is 0.734 bits per heavy atom. The van der Waals surface area contributed by atoms with Gasteiger partial charge in [-0.15, -0.1) is 0 Å². The lowest BCUT2D eigenvalue weighted by atomic mass is 9.92. The van der Waals surface area contributed by atoms with Gasteiger partial charge in [0.05, 0.1) is 53.1 Å². The Morgan fingerprint density at radius 3 is 1.99 bits per heavy atom. The molecule has 0 radical (unpaired) electrons. The minimum Gasteiger partial charge on any atom is -0.493 e. The number of aromatic nitrogens is 1. The van der Waals surface area contributed by atoms with E-state index in [1.165, 1.54) is 41.7 Å². The predicted molar refractivity (Wildman–Crippen MR) is 365 cm³/mol. The number of rotatable bonds is 36. The van der Waals surface area contributed by atoms with Gasteiger partial charge in [0, 0.05) is 119 Å². The first-order valence-corrected chi connectivity index (χ1v) is 35.6. The Kier molecular flexibility index (Phi) is 28.1. The van der Waals surface area contributed by atoms with Crippen LogP contribution in [0.3, 0.4) is 0 Å². The van der Waals surface area contributed by atoms with Gasteiger partial charge in [0.25, 0.3) is 21.7 Å². The molecule has 1 aliphatic heterocycles. The molecule has 0 saturated carbocycles. The quantitative estimate of drug-likeness (QED) is 0.00464. The molecule has 1 aliphatic rings. The molecule has 506 valence electrons. The van der Waals surface area contributed by atoms with E-state index in [4.69, 9.17) is 18.6 Å². The molecule has 0 aliphatic carbocycles. The molecule has 6 amide bonds. The molecular formula is C66H85N10O15S3+. The van der Waals surface area contributed by atoms with Gasteiger partial charge in [-0.25, -0.2) is 14.2 Å². The minimum absolute atomic E-state index is 0.0345. The third kappa shape index (κ3) is 21.0. The van der Waals surface area contributed by atoms with Gasteiger partial charge in [-0.3, -0.25) is 38.6 Å². The fourth-order valence-corrected chi connectivity index (χ4v) is 13.4. The summed E-state index contributed by atoms with van der Waals surface area (Å²) >= 11 is 0. The van der Waals surface area contributed by atoms with E-state index in [0.29, 0.717) is 74.3 Å². The summed E-state index contributed by atoms with van der Waals surface area (Å²) in [7, 11) is -0.394. The second-order valence-corrected chi connectivity index (χ2v) is 26.1. The highest BCUT2D eigenvalue weighted by molar-refractivity contribution is 8.76. The molecule has 5 N–H and O–H groups in total. The smallest absolute Gasteiger partial charge is 0.407 e. The normalized spacial score (nSPS) is 13.0. The fourth-order valence-electron chi connectivity index (χ4n) is 11.0. The zero-order chi connectivity index (χ0) is 67.7. The van der Waals surface area contributed by atoms with Crippen LogP contribution in [0.4, 0.5) is 21.9 Å². The number of pyridine rings is 1. The van der Waals surface area contributed by atoms with Gasteiger partial charge in [-0.2, -0.15) is 8.42 Å². The number of nitro benzene ring substituents is 1. The Morgan fingerprint density at radius 2 is 1.36 bits per heavy atom. The summed E-state index contributed by atoms with van der Waals surface area (Å²) in [6.07, 6.45) is 1.90. The van der Waals surface area contributed by atoms with Crippen LogP contribution in [0.1, 0.15) is 108 Å².